The zero-order valence-corrected chi connectivity index (χ0v) is 12.9. The van der Waals surface area contributed by atoms with Crippen LogP contribution < -0.4 is 9.47 Å². The normalized spacial score (nSPS) is 19.4. The molecule has 2 atom stereocenters. The molecule has 0 aliphatic carbocycles. The van der Waals surface area contributed by atoms with E-state index in [1.54, 1.807) is 19.2 Å². The van der Waals surface area contributed by atoms with E-state index in [2.05, 4.69) is 19.6 Å². The molecule has 2 aromatic carbocycles. The molecule has 0 saturated carbocycles. The van der Waals surface area contributed by atoms with Crippen LogP contribution >= 0.6 is 0 Å². The van der Waals surface area contributed by atoms with Gasteiger partial charge >= 0.3 is 0 Å². The predicted molar refractivity (Wildman–Crippen MR) is 86.8 cm³/mol. The van der Waals surface area contributed by atoms with Gasteiger partial charge in [-0.2, -0.15) is 0 Å². The van der Waals surface area contributed by atoms with Crippen LogP contribution in [0, 0.1) is 0 Å². The molecule has 3 heteroatoms. The highest BCUT2D eigenvalue weighted by molar-refractivity contribution is 5.55. The van der Waals surface area contributed by atoms with Crippen molar-refractivity contribution >= 4 is 0 Å². The smallest absolute Gasteiger partial charge is 0.165 e. The third kappa shape index (κ3) is 2.43. The molecule has 0 amide bonds. The van der Waals surface area contributed by atoms with Crippen molar-refractivity contribution in [1.29, 1.82) is 0 Å². The maximum absolute atomic E-state index is 9.45. The summed E-state index contributed by atoms with van der Waals surface area (Å²) in [6.07, 6.45) is 2.63. The second-order valence-electron chi connectivity index (χ2n) is 5.63. The lowest BCUT2D eigenvalue weighted by atomic mass is 9.91. The highest BCUT2D eigenvalue weighted by Crippen LogP contribution is 2.50. The Hall–Kier alpha value is -2.42. The van der Waals surface area contributed by atoms with Crippen molar-refractivity contribution in [3.63, 3.8) is 0 Å². The van der Waals surface area contributed by atoms with Gasteiger partial charge in [0.2, 0.25) is 0 Å². The highest BCUT2D eigenvalue weighted by atomic mass is 16.5. The number of allylic oxidation sites excluding steroid dienone is 1. The summed E-state index contributed by atoms with van der Waals surface area (Å²) in [5.41, 5.74) is 3.38. The molecule has 1 heterocycles. The van der Waals surface area contributed by atoms with Gasteiger partial charge in [0.1, 0.15) is 11.9 Å². The maximum Gasteiger partial charge on any atom is 0.165 e. The lowest BCUT2D eigenvalue weighted by Gasteiger charge is -2.16. The van der Waals surface area contributed by atoms with E-state index in [-0.39, 0.29) is 17.8 Å². The standard InChI is InChI=1S/C19H20O3/c1-4-5-13-10-16-12(2)18(14-6-8-15(20)9-7-14)22-19(16)17(11-13)21-3/h4,6-12,18,20H,1,5H2,2-3H3. The van der Waals surface area contributed by atoms with E-state index in [0.29, 0.717) is 0 Å². The largest absolute Gasteiger partial charge is 0.508 e. The van der Waals surface area contributed by atoms with Crippen molar-refractivity contribution < 1.29 is 14.6 Å². The lowest BCUT2D eigenvalue weighted by molar-refractivity contribution is 0.208. The summed E-state index contributed by atoms with van der Waals surface area (Å²) in [6, 6.07) is 11.4. The molecular formula is C19H20O3. The van der Waals surface area contributed by atoms with Gasteiger partial charge < -0.3 is 14.6 Å². The van der Waals surface area contributed by atoms with Gasteiger partial charge in [-0.1, -0.05) is 31.2 Å². The molecular weight excluding hydrogens is 276 g/mol. The van der Waals surface area contributed by atoms with Crippen LogP contribution in [0.1, 0.15) is 35.6 Å². The average Bonchev–Trinajstić information content (AvgIpc) is 2.85. The van der Waals surface area contributed by atoms with Crippen LogP contribution in [-0.2, 0) is 6.42 Å². The number of hydrogen-bond acceptors (Lipinski definition) is 3. The van der Waals surface area contributed by atoms with Crippen LogP contribution in [0.2, 0.25) is 0 Å². The third-order valence-electron chi connectivity index (χ3n) is 4.15. The highest BCUT2D eigenvalue weighted by Gasteiger charge is 2.34. The van der Waals surface area contributed by atoms with Gasteiger partial charge in [-0.15, -0.1) is 6.58 Å². The van der Waals surface area contributed by atoms with Crippen molar-refractivity contribution in [2.75, 3.05) is 7.11 Å². The Balaban J connectivity index is 2.00. The summed E-state index contributed by atoms with van der Waals surface area (Å²) in [5, 5.41) is 9.45. The summed E-state index contributed by atoms with van der Waals surface area (Å²) in [6.45, 7) is 5.95. The fourth-order valence-corrected chi connectivity index (χ4v) is 3.00. The van der Waals surface area contributed by atoms with Crippen molar-refractivity contribution in [2.45, 2.75) is 25.4 Å². The van der Waals surface area contributed by atoms with Crippen molar-refractivity contribution in [2.24, 2.45) is 0 Å². The fraction of sp³-hybridized carbons (Fsp3) is 0.263. The Bertz CT molecular complexity index is 689. The molecule has 3 nitrogen and oxygen atoms in total. The first-order chi connectivity index (χ1) is 10.6. The summed E-state index contributed by atoms with van der Waals surface area (Å²) in [7, 11) is 1.66. The molecule has 3 rings (SSSR count). The van der Waals surface area contributed by atoms with Crippen LogP contribution in [0.15, 0.2) is 49.1 Å². The molecule has 2 aromatic rings. The molecule has 0 fully saturated rings. The number of fused-ring (bicyclic) bond motifs is 1. The molecule has 1 N–H and O–H groups in total. The van der Waals surface area contributed by atoms with Gasteiger partial charge in [-0.25, -0.2) is 0 Å². The van der Waals surface area contributed by atoms with Crippen LogP contribution in [-0.4, -0.2) is 12.2 Å². The molecule has 1 aliphatic rings. The molecule has 2 unspecified atom stereocenters. The van der Waals surface area contributed by atoms with Gasteiger partial charge in [-0.05, 0) is 35.7 Å². The molecule has 1 aliphatic heterocycles. The monoisotopic (exact) mass is 296 g/mol. The molecule has 0 saturated heterocycles. The summed E-state index contributed by atoms with van der Waals surface area (Å²) >= 11 is 0. The number of ether oxygens (including phenoxy) is 2. The molecule has 0 radical (unpaired) electrons. The number of aromatic hydroxyl groups is 1. The molecule has 0 bridgehead atoms. The van der Waals surface area contributed by atoms with Crippen molar-refractivity contribution in [1.82, 2.24) is 0 Å². The Morgan fingerprint density at radius 3 is 2.64 bits per heavy atom. The molecule has 114 valence electrons. The Labute approximate surface area is 130 Å². The second kappa shape index (κ2) is 5.76. The SMILES string of the molecule is C=CCc1cc(OC)c2c(c1)C(C)C(c1ccc(O)cc1)O2. The summed E-state index contributed by atoms with van der Waals surface area (Å²) in [4.78, 5) is 0. The van der Waals surface area contributed by atoms with Gasteiger partial charge in [0.05, 0.1) is 7.11 Å². The third-order valence-corrected chi connectivity index (χ3v) is 4.15. The van der Waals surface area contributed by atoms with Crippen LogP contribution in [0.4, 0.5) is 0 Å². The van der Waals surface area contributed by atoms with Gasteiger partial charge in [0, 0.05) is 11.5 Å². The maximum atomic E-state index is 9.45. The van der Waals surface area contributed by atoms with Gasteiger partial charge in [0.25, 0.3) is 0 Å². The first-order valence-electron chi connectivity index (χ1n) is 7.41. The van der Waals surface area contributed by atoms with Crippen molar-refractivity contribution in [3.05, 3.63) is 65.7 Å². The molecule has 0 spiro atoms. The van der Waals surface area contributed by atoms with E-state index in [1.165, 1.54) is 5.56 Å². The van der Waals surface area contributed by atoms with Crippen molar-refractivity contribution in [3.8, 4) is 17.2 Å². The minimum absolute atomic E-state index is 0.0662. The summed E-state index contributed by atoms with van der Waals surface area (Å²) in [5.74, 6) is 2.07. The number of phenolic OH excluding ortho intramolecular Hbond substituents is 1. The van der Waals surface area contributed by atoms with Crippen LogP contribution in [0.3, 0.4) is 0 Å². The van der Waals surface area contributed by atoms with E-state index in [4.69, 9.17) is 9.47 Å². The zero-order chi connectivity index (χ0) is 15.7. The van der Waals surface area contributed by atoms with E-state index in [1.807, 2.05) is 24.3 Å². The number of phenols is 1. The summed E-state index contributed by atoms with van der Waals surface area (Å²) < 4.78 is 11.7. The van der Waals surface area contributed by atoms with E-state index in [0.717, 1.165) is 29.0 Å². The minimum atomic E-state index is -0.0662. The van der Waals surface area contributed by atoms with Gasteiger partial charge in [0.15, 0.2) is 11.5 Å². The minimum Gasteiger partial charge on any atom is -0.508 e. The van der Waals surface area contributed by atoms with E-state index in [9.17, 15) is 5.11 Å². The molecule has 22 heavy (non-hydrogen) atoms. The van der Waals surface area contributed by atoms with E-state index < -0.39 is 0 Å². The Morgan fingerprint density at radius 2 is 2.00 bits per heavy atom. The first kappa shape index (κ1) is 14.5. The predicted octanol–water partition coefficient (Wildman–Crippen LogP) is 4.37. The van der Waals surface area contributed by atoms with E-state index >= 15 is 0 Å². The number of methoxy groups -OCH3 is 1. The lowest BCUT2D eigenvalue weighted by Crippen LogP contribution is -2.06. The zero-order valence-electron chi connectivity index (χ0n) is 12.9. The number of rotatable bonds is 4. The van der Waals surface area contributed by atoms with Crippen LogP contribution in [0.25, 0.3) is 0 Å². The van der Waals surface area contributed by atoms with Gasteiger partial charge in [-0.3, -0.25) is 0 Å². The fourth-order valence-electron chi connectivity index (χ4n) is 3.00. The Morgan fingerprint density at radius 1 is 1.27 bits per heavy atom. The number of hydrogen-bond donors (Lipinski definition) is 1. The topological polar surface area (TPSA) is 38.7 Å². The van der Waals surface area contributed by atoms with Crippen LogP contribution in [0.5, 0.6) is 17.2 Å². The first-order valence-corrected chi connectivity index (χ1v) is 7.41. The number of benzene rings is 2. The quantitative estimate of drug-likeness (QED) is 0.852. The Kier molecular flexibility index (Phi) is 3.80. The average molecular weight is 296 g/mol. The molecule has 0 aromatic heterocycles. The second-order valence-corrected chi connectivity index (χ2v) is 5.63.